The zero-order valence-corrected chi connectivity index (χ0v) is 16.2. The Morgan fingerprint density at radius 3 is 2.67 bits per heavy atom. The van der Waals surface area contributed by atoms with Crippen molar-refractivity contribution < 1.29 is 27.2 Å². The predicted molar refractivity (Wildman–Crippen MR) is 100 cm³/mol. The molecule has 7 nitrogen and oxygen atoms in total. The number of benzene rings is 1. The highest BCUT2D eigenvalue weighted by Crippen LogP contribution is 2.21. The van der Waals surface area contributed by atoms with Gasteiger partial charge in [-0.05, 0) is 24.5 Å². The van der Waals surface area contributed by atoms with E-state index in [-0.39, 0.29) is 29.2 Å². The number of hydrogen-bond donors (Lipinski definition) is 0. The summed E-state index contributed by atoms with van der Waals surface area (Å²) in [5.41, 5.74) is 0.563. The van der Waals surface area contributed by atoms with Gasteiger partial charge in [0.2, 0.25) is 5.76 Å². The third-order valence-corrected chi connectivity index (χ3v) is 6.24. The highest BCUT2D eigenvalue weighted by atomic mass is 32.2. The summed E-state index contributed by atoms with van der Waals surface area (Å²) in [6.07, 6.45) is 0.415. The summed E-state index contributed by atoms with van der Waals surface area (Å²) in [4.78, 5) is 26.3. The molecule has 27 heavy (non-hydrogen) atoms. The Morgan fingerprint density at radius 1 is 1.30 bits per heavy atom. The van der Waals surface area contributed by atoms with Gasteiger partial charge in [-0.2, -0.15) is 0 Å². The lowest BCUT2D eigenvalue weighted by Gasteiger charge is -2.29. The number of amides is 1. The van der Waals surface area contributed by atoms with Gasteiger partial charge in [0.05, 0.1) is 11.5 Å². The number of furan rings is 1. The molecule has 1 fully saturated rings. The molecule has 0 N–H and O–H groups in total. The molecule has 1 atom stereocenters. The van der Waals surface area contributed by atoms with Gasteiger partial charge in [-0.15, -0.1) is 0 Å². The van der Waals surface area contributed by atoms with E-state index in [1.807, 2.05) is 26.0 Å². The number of hydrogen-bond acceptors (Lipinski definition) is 6. The molecule has 1 aromatic carbocycles. The van der Waals surface area contributed by atoms with Crippen molar-refractivity contribution in [1.29, 1.82) is 0 Å². The molecule has 0 aliphatic carbocycles. The fraction of sp³-hybridized carbons (Fsp3) is 0.474. The van der Waals surface area contributed by atoms with Crippen molar-refractivity contribution in [3.05, 3.63) is 36.1 Å². The monoisotopic (exact) mass is 393 g/mol. The van der Waals surface area contributed by atoms with E-state index in [4.69, 9.17) is 9.15 Å². The number of rotatable bonds is 6. The van der Waals surface area contributed by atoms with Gasteiger partial charge in [-0.3, -0.25) is 4.79 Å². The first-order valence-corrected chi connectivity index (χ1v) is 10.7. The Morgan fingerprint density at radius 2 is 2.04 bits per heavy atom. The van der Waals surface area contributed by atoms with Crippen molar-refractivity contribution in [1.82, 2.24) is 4.90 Å². The topological polar surface area (TPSA) is 93.9 Å². The SMILES string of the molecule is CC(C)CN(C(=O)COC(=O)c1cc2ccccc2o1)[C@H]1CCS(=O)(=O)C1. The molecule has 3 rings (SSSR count). The van der Waals surface area contributed by atoms with Crippen LogP contribution in [0.5, 0.6) is 0 Å². The molecule has 146 valence electrons. The van der Waals surface area contributed by atoms with E-state index in [9.17, 15) is 18.0 Å². The Balaban J connectivity index is 1.65. The maximum absolute atomic E-state index is 12.6. The third kappa shape index (κ3) is 4.68. The van der Waals surface area contributed by atoms with E-state index in [2.05, 4.69) is 0 Å². The van der Waals surface area contributed by atoms with Crippen LogP contribution in [-0.2, 0) is 19.4 Å². The van der Waals surface area contributed by atoms with Crippen LogP contribution in [0.1, 0.15) is 30.8 Å². The molecule has 1 amide bonds. The highest BCUT2D eigenvalue weighted by Gasteiger charge is 2.35. The molecule has 8 heteroatoms. The number of para-hydroxylation sites is 1. The van der Waals surface area contributed by atoms with Crippen LogP contribution in [0.3, 0.4) is 0 Å². The van der Waals surface area contributed by atoms with Gasteiger partial charge >= 0.3 is 5.97 Å². The number of ether oxygens (including phenoxy) is 1. The molecule has 2 heterocycles. The van der Waals surface area contributed by atoms with Crippen LogP contribution in [0.15, 0.2) is 34.7 Å². The van der Waals surface area contributed by atoms with E-state index >= 15 is 0 Å². The molecule has 1 aliphatic heterocycles. The summed E-state index contributed by atoms with van der Waals surface area (Å²) in [6.45, 7) is 3.87. The lowest BCUT2D eigenvalue weighted by Crippen LogP contribution is -2.45. The van der Waals surface area contributed by atoms with E-state index < -0.39 is 28.3 Å². The first kappa shape index (κ1) is 19.4. The second-order valence-corrected chi connectivity index (χ2v) is 9.45. The van der Waals surface area contributed by atoms with Gasteiger partial charge in [0.15, 0.2) is 16.4 Å². The van der Waals surface area contributed by atoms with Gasteiger partial charge in [-0.1, -0.05) is 32.0 Å². The zero-order valence-electron chi connectivity index (χ0n) is 15.4. The summed E-state index contributed by atoms with van der Waals surface area (Å²) < 4.78 is 34.1. The predicted octanol–water partition coefficient (Wildman–Crippen LogP) is 2.26. The van der Waals surface area contributed by atoms with Crippen molar-refractivity contribution in [3.8, 4) is 0 Å². The number of sulfone groups is 1. The third-order valence-electron chi connectivity index (χ3n) is 4.48. The second-order valence-electron chi connectivity index (χ2n) is 7.22. The normalized spacial score (nSPS) is 18.7. The van der Waals surface area contributed by atoms with Gasteiger partial charge in [0, 0.05) is 18.0 Å². The number of fused-ring (bicyclic) bond motifs is 1. The van der Waals surface area contributed by atoms with E-state index in [1.54, 1.807) is 18.2 Å². The minimum Gasteiger partial charge on any atom is -0.450 e. The Labute approximate surface area is 158 Å². The molecule has 2 aromatic rings. The molecule has 0 saturated carbocycles. The molecule has 1 saturated heterocycles. The van der Waals surface area contributed by atoms with Crippen LogP contribution in [-0.4, -0.2) is 55.9 Å². The van der Waals surface area contributed by atoms with Crippen molar-refractivity contribution in [2.75, 3.05) is 24.7 Å². The van der Waals surface area contributed by atoms with Crippen LogP contribution in [0, 0.1) is 5.92 Å². The second kappa shape index (κ2) is 7.72. The minimum atomic E-state index is -3.12. The first-order chi connectivity index (χ1) is 12.7. The first-order valence-electron chi connectivity index (χ1n) is 8.91. The van der Waals surface area contributed by atoms with E-state index in [1.165, 1.54) is 4.90 Å². The van der Waals surface area contributed by atoms with Crippen molar-refractivity contribution in [2.45, 2.75) is 26.3 Å². The lowest BCUT2D eigenvalue weighted by atomic mass is 10.1. The number of carbonyl (C=O) groups excluding carboxylic acids is 2. The summed E-state index contributed by atoms with van der Waals surface area (Å²) in [5.74, 6) is -0.870. The summed E-state index contributed by atoms with van der Waals surface area (Å²) in [6, 6.07) is 8.38. The molecule has 1 aromatic heterocycles. The average Bonchev–Trinajstić information content (AvgIpc) is 3.20. The minimum absolute atomic E-state index is 0.0304. The highest BCUT2D eigenvalue weighted by molar-refractivity contribution is 7.91. The average molecular weight is 393 g/mol. The fourth-order valence-electron chi connectivity index (χ4n) is 3.23. The van der Waals surface area contributed by atoms with Crippen LogP contribution in [0.2, 0.25) is 0 Å². The molecular weight excluding hydrogens is 370 g/mol. The molecule has 1 aliphatic rings. The number of esters is 1. The lowest BCUT2D eigenvalue weighted by molar-refractivity contribution is -0.137. The Hall–Kier alpha value is -2.35. The van der Waals surface area contributed by atoms with Gasteiger partial charge in [0.25, 0.3) is 5.91 Å². The summed E-state index contributed by atoms with van der Waals surface area (Å²) >= 11 is 0. The molecule has 0 unspecified atom stereocenters. The van der Waals surface area contributed by atoms with Crippen molar-refractivity contribution in [3.63, 3.8) is 0 Å². The maximum Gasteiger partial charge on any atom is 0.374 e. The Bertz CT molecular complexity index is 913. The van der Waals surface area contributed by atoms with Crippen LogP contribution < -0.4 is 0 Å². The van der Waals surface area contributed by atoms with Gasteiger partial charge in [0.1, 0.15) is 5.58 Å². The van der Waals surface area contributed by atoms with Gasteiger partial charge in [-0.25, -0.2) is 13.2 Å². The molecular formula is C19H23NO6S. The van der Waals surface area contributed by atoms with Crippen molar-refractivity contribution >= 4 is 32.7 Å². The summed E-state index contributed by atoms with van der Waals surface area (Å²) in [5, 5.41) is 0.772. The standard InChI is InChI=1S/C19H23NO6S/c1-13(2)10-20(15-7-8-27(23,24)12-15)18(21)11-25-19(22)17-9-14-5-3-4-6-16(14)26-17/h3-6,9,13,15H,7-8,10-12H2,1-2H3/t15-/m0/s1. The van der Waals surface area contributed by atoms with Crippen LogP contribution in [0.4, 0.5) is 0 Å². The molecule has 0 spiro atoms. The molecule has 0 bridgehead atoms. The van der Waals surface area contributed by atoms with Crippen LogP contribution in [0.25, 0.3) is 11.0 Å². The maximum atomic E-state index is 12.6. The van der Waals surface area contributed by atoms with Crippen molar-refractivity contribution in [2.24, 2.45) is 5.92 Å². The number of carbonyl (C=O) groups is 2. The van der Waals surface area contributed by atoms with E-state index in [0.717, 1.165) is 5.39 Å². The largest absolute Gasteiger partial charge is 0.450 e. The van der Waals surface area contributed by atoms with Gasteiger partial charge < -0.3 is 14.1 Å². The van der Waals surface area contributed by atoms with E-state index in [0.29, 0.717) is 18.5 Å². The quantitative estimate of drug-likeness (QED) is 0.699. The fourth-order valence-corrected chi connectivity index (χ4v) is 4.96. The number of nitrogens with zero attached hydrogens (tertiary/aromatic N) is 1. The zero-order chi connectivity index (χ0) is 19.6. The molecule has 0 radical (unpaired) electrons. The Kier molecular flexibility index (Phi) is 5.55. The van der Waals surface area contributed by atoms with Crippen LogP contribution >= 0.6 is 0 Å². The smallest absolute Gasteiger partial charge is 0.374 e. The summed E-state index contributed by atoms with van der Waals surface area (Å²) in [7, 11) is -3.12.